The predicted molar refractivity (Wildman–Crippen MR) is 107 cm³/mol. The zero-order valence-corrected chi connectivity index (χ0v) is 15.1. The number of fused-ring (bicyclic) bond motifs is 1. The minimum absolute atomic E-state index is 0.143. The quantitative estimate of drug-likeness (QED) is 0.580. The number of benzene rings is 3. The van der Waals surface area contributed by atoms with Gasteiger partial charge in [0.05, 0.1) is 12.1 Å². The molecule has 1 aromatic heterocycles. The molecule has 0 bridgehead atoms. The maximum absolute atomic E-state index is 12.7. The number of nitrogens with one attached hydrogen (secondary N) is 1. The lowest BCUT2D eigenvalue weighted by molar-refractivity contribution is 0.102. The second kappa shape index (κ2) is 7.41. The molecular formula is C22H20N4O. The van der Waals surface area contributed by atoms with Gasteiger partial charge in [0.25, 0.3) is 5.91 Å². The molecule has 1 heterocycles. The van der Waals surface area contributed by atoms with E-state index in [1.54, 1.807) is 6.07 Å². The van der Waals surface area contributed by atoms with Crippen LogP contribution in [0.3, 0.4) is 0 Å². The third-order valence-corrected chi connectivity index (χ3v) is 4.60. The molecule has 1 amide bonds. The predicted octanol–water partition coefficient (Wildman–Crippen LogP) is 4.29. The molecule has 1 N–H and O–H groups in total. The lowest BCUT2D eigenvalue weighted by Gasteiger charge is -2.09. The summed E-state index contributed by atoms with van der Waals surface area (Å²) in [5, 5.41) is 11.5. The molecule has 0 aliphatic rings. The topological polar surface area (TPSA) is 59.8 Å². The summed E-state index contributed by atoms with van der Waals surface area (Å²) in [5.74, 6) is -0.143. The van der Waals surface area contributed by atoms with Gasteiger partial charge >= 0.3 is 0 Å². The Bertz CT molecular complexity index is 1090. The number of hydrogen-bond donors (Lipinski definition) is 1. The highest BCUT2D eigenvalue weighted by Crippen LogP contribution is 2.19. The van der Waals surface area contributed by atoms with E-state index in [2.05, 4.69) is 34.7 Å². The largest absolute Gasteiger partial charge is 0.322 e. The Hall–Kier alpha value is -3.47. The van der Waals surface area contributed by atoms with Gasteiger partial charge in [-0.2, -0.15) is 0 Å². The van der Waals surface area contributed by atoms with Gasteiger partial charge in [-0.1, -0.05) is 60.7 Å². The summed E-state index contributed by atoms with van der Waals surface area (Å²) in [6.07, 6.45) is 0.864. The molecule has 134 valence electrons. The number of anilines is 1. The van der Waals surface area contributed by atoms with E-state index in [1.165, 1.54) is 0 Å². The van der Waals surface area contributed by atoms with E-state index in [0.29, 0.717) is 17.6 Å². The monoisotopic (exact) mass is 356 g/mol. The number of aromatic nitrogens is 3. The Balaban J connectivity index is 1.58. The van der Waals surface area contributed by atoms with Gasteiger partial charge in [-0.15, -0.1) is 5.10 Å². The average Bonchev–Trinajstić information content (AvgIpc) is 3.11. The molecule has 5 heteroatoms. The molecule has 3 aromatic carbocycles. The van der Waals surface area contributed by atoms with Crippen LogP contribution in [0.15, 0.2) is 72.8 Å². The zero-order valence-electron chi connectivity index (χ0n) is 15.1. The fraction of sp³-hybridized carbons (Fsp3) is 0.136. The van der Waals surface area contributed by atoms with Crippen LogP contribution in [-0.2, 0) is 13.0 Å². The number of aryl methyl sites for hydroxylation is 1. The van der Waals surface area contributed by atoms with Crippen LogP contribution in [0.25, 0.3) is 11.0 Å². The Labute approximate surface area is 157 Å². The first-order chi connectivity index (χ1) is 13.2. The van der Waals surface area contributed by atoms with Gasteiger partial charge in [0.2, 0.25) is 0 Å². The van der Waals surface area contributed by atoms with Gasteiger partial charge in [-0.3, -0.25) is 4.79 Å². The summed E-state index contributed by atoms with van der Waals surface area (Å²) in [4.78, 5) is 12.7. The minimum Gasteiger partial charge on any atom is -0.322 e. The average molecular weight is 356 g/mol. The van der Waals surface area contributed by atoms with Gasteiger partial charge in [-0.05, 0) is 41.8 Å². The summed E-state index contributed by atoms with van der Waals surface area (Å²) < 4.78 is 1.85. The fourth-order valence-electron chi connectivity index (χ4n) is 3.13. The molecule has 0 spiro atoms. The first-order valence-electron chi connectivity index (χ1n) is 9.01. The molecule has 5 nitrogen and oxygen atoms in total. The third kappa shape index (κ3) is 3.58. The van der Waals surface area contributed by atoms with Gasteiger partial charge in [0.15, 0.2) is 0 Å². The van der Waals surface area contributed by atoms with E-state index in [0.717, 1.165) is 28.8 Å². The molecule has 0 radical (unpaired) electrons. The van der Waals surface area contributed by atoms with E-state index in [9.17, 15) is 4.79 Å². The zero-order chi connectivity index (χ0) is 18.6. The summed E-state index contributed by atoms with van der Waals surface area (Å²) in [7, 11) is 0. The lowest BCUT2D eigenvalue weighted by atomic mass is 10.1. The second-order valence-electron chi connectivity index (χ2n) is 6.40. The molecule has 0 atom stereocenters. The number of carbonyl (C=O) groups is 1. The Kier molecular flexibility index (Phi) is 4.66. The molecular weight excluding hydrogens is 336 g/mol. The van der Waals surface area contributed by atoms with Crippen molar-refractivity contribution in [1.82, 2.24) is 15.0 Å². The van der Waals surface area contributed by atoms with E-state index in [-0.39, 0.29) is 5.91 Å². The summed E-state index contributed by atoms with van der Waals surface area (Å²) >= 11 is 0. The van der Waals surface area contributed by atoms with Crippen LogP contribution >= 0.6 is 0 Å². The number of carbonyl (C=O) groups excluding carboxylic acids is 1. The van der Waals surface area contributed by atoms with E-state index < -0.39 is 0 Å². The van der Waals surface area contributed by atoms with Gasteiger partial charge in [0.1, 0.15) is 5.52 Å². The first kappa shape index (κ1) is 17.0. The molecule has 4 rings (SSSR count). The molecule has 27 heavy (non-hydrogen) atoms. The summed E-state index contributed by atoms with van der Waals surface area (Å²) in [6, 6.07) is 23.5. The maximum Gasteiger partial charge on any atom is 0.255 e. The Morgan fingerprint density at radius 3 is 2.59 bits per heavy atom. The fourth-order valence-corrected chi connectivity index (χ4v) is 3.13. The molecule has 0 aliphatic heterocycles. The van der Waals surface area contributed by atoms with Crippen LogP contribution in [-0.4, -0.2) is 20.9 Å². The molecule has 4 aromatic rings. The highest BCUT2D eigenvalue weighted by atomic mass is 16.1. The van der Waals surface area contributed by atoms with Crippen LogP contribution in [0.1, 0.15) is 28.4 Å². The molecule has 0 unspecified atom stereocenters. The molecule has 0 saturated carbocycles. The number of nitrogens with zero attached hydrogens (tertiary/aromatic N) is 3. The summed E-state index contributed by atoms with van der Waals surface area (Å²) in [6.45, 7) is 2.72. The normalized spacial score (nSPS) is 10.9. The van der Waals surface area contributed by atoms with Gasteiger partial charge < -0.3 is 5.32 Å². The van der Waals surface area contributed by atoms with E-state index in [1.807, 2.05) is 59.3 Å². The molecule has 0 aliphatic carbocycles. The Morgan fingerprint density at radius 2 is 1.78 bits per heavy atom. The second-order valence-corrected chi connectivity index (χ2v) is 6.40. The van der Waals surface area contributed by atoms with Gasteiger partial charge in [0, 0.05) is 11.3 Å². The molecule has 0 fully saturated rings. The van der Waals surface area contributed by atoms with Crippen LogP contribution in [0, 0.1) is 0 Å². The van der Waals surface area contributed by atoms with Crippen molar-refractivity contribution in [3.05, 3.63) is 89.5 Å². The Morgan fingerprint density at radius 1 is 1.00 bits per heavy atom. The van der Waals surface area contributed by atoms with Crippen molar-refractivity contribution in [2.75, 3.05) is 5.32 Å². The SMILES string of the molecule is CCc1ccccc1NC(=O)c1ccc2c(c1)nnn2Cc1ccccc1. The number of para-hydroxylation sites is 1. The van der Waals surface area contributed by atoms with Crippen molar-refractivity contribution >= 4 is 22.6 Å². The maximum atomic E-state index is 12.7. The number of rotatable bonds is 5. The molecule has 0 saturated heterocycles. The number of amides is 1. The minimum atomic E-state index is -0.143. The smallest absolute Gasteiger partial charge is 0.255 e. The van der Waals surface area contributed by atoms with Crippen molar-refractivity contribution in [2.24, 2.45) is 0 Å². The van der Waals surface area contributed by atoms with Crippen LogP contribution in [0.4, 0.5) is 5.69 Å². The third-order valence-electron chi connectivity index (χ3n) is 4.60. The number of hydrogen-bond acceptors (Lipinski definition) is 3. The standard InChI is InChI=1S/C22H20N4O/c1-2-17-10-6-7-11-19(17)23-22(27)18-12-13-21-20(14-18)24-25-26(21)15-16-8-4-3-5-9-16/h3-14H,2,15H2,1H3,(H,23,27). The highest BCUT2D eigenvalue weighted by molar-refractivity contribution is 6.06. The lowest BCUT2D eigenvalue weighted by Crippen LogP contribution is -2.13. The van der Waals surface area contributed by atoms with E-state index >= 15 is 0 Å². The first-order valence-corrected chi connectivity index (χ1v) is 9.01. The highest BCUT2D eigenvalue weighted by Gasteiger charge is 2.12. The van der Waals surface area contributed by atoms with Crippen LogP contribution < -0.4 is 5.32 Å². The van der Waals surface area contributed by atoms with Crippen molar-refractivity contribution < 1.29 is 4.79 Å². The van der Waals surface area contributed by atoms with Crippen molar-refractivity contribution in [2.45, 2.75) is 19.9 Å². The van der Waals surface area contributed by atoms with Crippen molar-refractivity contribution in [3.8, 4) is 0 Å². The van der Waals surface area contributed by atoms with Gasteiger partial charge in [-0.25, -0.2) is 4.68 Å². The van der Waals surface area contributed by atoms with Crippen molar-refractivity contribution in [3.63, 3.8) is 0 Å². The van der Waals surface area contributed by atoms with Crippen molar-refractivity contribution in [1.29, 1.82) is 0 Å². The van der Waals surface area contributed by atoms with E-state index in [4.69, 9.17) is 0 Å². The van der Waals surface area contributed by atoms with Crippen LogP contribution in [0.2, 0.25) is 0 Å². The summed E-state index contributed by atoms with van der Waals surface area (Å²) in [5.41, 5.74) is 5.30. The van der Waals surface area contributed by atoms with Crippen LogP contribution in [0.5, 0.6) is 0 Å².